The number of aryl methyl sites for hydroxylation is 1. The van der Waals surface area contributed by atoms with Gasteiger partial charge in [-0.2, -0.15) is 0 Å². The Kier molecular flexibility index (Phi) is 4.54. The van der Waals surface area contributed by atoms with Crippen LogP contribution in [0.3, 0.4) is 0 Å². The highest BCUT2D eigenvalue weighted by Crippen LogP contribution is 2.21. The van der Waals surface area contributed by atoms with Crippen molar-refractivity contribution in [2.45, 2.75) is 26.3 Å². The SMILES string of the molecule is CCCc1cccc(-c2ccc(CNC)cc2)c1. The molecule has 0 saturated carbocycles. The van der Waals surface area contributed by atoms with Gasteiger partial charge in [0.2, 0.25) is 0 Å². The topological polar surface area (TPSA) is 12.0 Å². The van der Waals surface area contributed by atoms with E-state index >= 15 is 0 Å². The Balaban J connectivity index is 2.22. The summed E-state index contributed by atoms with van der Waals surface area (Å²) in [7, 11) is 1.97. The summed E-state index contributed by atoms with van der Waals surface area (Å²) < 4.78 is 0. The molecule has 0 heterocycles. The second-order valence-corrected chi connectivity index (χ2v) is 4.68. The Morgan fingerprint density at radius 2 is 1.67 bits per heavy atom. The fourth-order valence-electron chi connectivity index (χ4n) is 2.21. The minimum atomic E-state index is 0.927. The molecule has 18 heavy (non-hydrogen) atoms. The molecule has 2 rings (SSSR count). The first-order valence-corrected chi connectivity index (χ1v) is 6.66. The van der Waals surface area contributed by atoms with E-state index in [1.165, 1.54) is 28.7 Å². The van der Waals surface area contributed by atoms with Gasteiger partial charge >= 0.3 is 0 Å². The molecule has 0 aliphatic heterocycles. The maximum absolute atomic E-state index is 3.17. The highest BCUT2D eigenvalue weighted by atomic mass is 14.8. The average molecular weight is 239 g/mol. The summed E-state index contributed by atoms with van der Waals surface area (Å²) in [6.07, 6.45) is 2.36. The van der Waals surface area contributed by atoms with Gasteiger partial charge in [-0.15, -0.1) is 0 Å². The predicted octanol–water partition coefficient (Wildman–Crippen LogP) is 4.03. The van der Waals surface area contributed by atoms with Crippen LogP contribution in [-0.2, 0) is 13.0 Å². The molecule has 0 saturated heterocycles. The lowest BCUT2D eigenvalue weighted by Crippen LogP contribution is -2.04. The molecule has 0 radical (unpaired) electrons. The van der Waals surface area contributed by atoms with Crippen LogP contribution < -0.4 is 5.32 Å². The average Bonchev–Trinajstić information content (AvgIpc) is 2.41. The minimum Gasteiger partial charge on any atom is -0.316 e. The van der Waals surface area contributed by atoms with Crippen molar-refractivity contribution in [2.75, 3.05) is 7.05 Å². The van der Waals surface area contributed by atoms with Crippen LogP contribution in [0.4, 0.5) is 0 Å². The van der Waals surface area contributed by atoms with Crippen LogP contribution in [0.5, 0.6) is 0 Å². The Hall–Kier alpha value is -1.60. The van der Waals surface area contributed by atoms with E-state index in [2.05, 4.69) is 60.8 Å². The molecule has 1 heteroatoms. The lowest BCUT2D eigenvalue weighted by atomic mass is 10.0. The molecule has 0 aromatic heterocycles. The standard InChI is InChI=1S/C17H21N/c1-3-5-14-6-4-7-17(12-14)16-10-8-15(9-11-16)13-18-2/h4,6-12,18H,3,5,13H2,1-2H3. The second-order valence-electron chi connectivity index (χ2n) is 4.68. The van der Waals surface area contributed by atoms with Crippen molar-refractivity contribution in [3.05, 3.63) is 59.7 Å². The van der Waals surface area contributed by atoms with Gasteiger partial charge in [0.1, 0.15) is 0 Å². The summed E-state index contributed by atoms with van der Waals surface area (Å²) in [6.45, 7) is 3.15. The number of benzene rings is 2. The van der Waals surface area contributed by atoms with Gasteiger partial charge in [-0.3, -0.25) is 0 Å². The summed E-state index contributed by atoms with van der Waals surface area (Å²) in [6, 6.07) is 17.7. The van der Waals surface area contributed by atoms with Crippen LogP contribution >= 0.6 is 0 Å². The van der Waals surface area contributed by atoms with E-state index in [9.17, 15) is 0 Å². The Bertz CT molecular complexity index is 485. The van der Waals surface area contributed by atoms with Crippen molar-refractivity contribution in [1.29, 1.82) is 0 Å². The summed E-state index contributed by atoms with van der Waals surface area (Å²) in [5.74, 6) is 0. The van der Waals surface area contributed by atoms with Crippen LogP contribution in [0.15, 0.2) is 48.5 Å². The molecule has 0 amide bonds. The molecule has 0 aliphatic carbocycles. The molecule has 1 nitrogen and oxygen atoms in total. The van der Waals surface area contributed by atoms with Crippen LogP contribution in [0.2, 0.25) is 0 Å². The van der Waals surface area contributed by atoms with E-state index in [1.54, 1.807) is 0 Å². The van der Waals surface area contributed by atoms with Gasteiger partial charge in [0, 0.05) is 6.54 Å². The highest BCUT2D eigenvalue weighted by Gasteiger charge is 1.99. The summed E-state index contributed by atoms with van der Waals surface area (Å²) in [4.78, 5) is 0. The fourth-order valence-corrected chi connectivity index (χ4v) is 2.21. The second kappa shape index (κ2) is 6.36. The largest absolute Gasteiger partial charge is 0.316 e. The van der Waals surface area contributed by atoms with Crippen molar-refractivity contribution < 1.29 is 0 Å². The van der Waals surface area contributed by atoms with Gasteiger partial charge in [0.05, 0.1) is 0 Å². The van der Waals surface area contributed by atoms with E-state index in [-0.39, 0.29) is 0 Å². The Morgan fingerprint density at radius 1 is 0.889 bits per heavy atom. The first kappa shape index (κ1) is 12.8. The van der Waals surface area contributed by atoms with Gasteiger partial charge in [-0.1, -0.05) is 61.9 Å². The van der Waals surface area contributed by atoms with Crippen molar-refractivity contribution >= 4 is 0 Å². The van der Waals surface area contributed by atoms with E-state index in [1.807, 2.05) is 7.05 Å². The maximum Gasteiger partial charge on any atom is 0.0202 e. The molecule has 0 unspecified atom stereocenters. The lowest BCUT2D eigenvalue weighted by Gasteiger charge is -2.06. The van der Waals surface area contributed by atoms with Gasteiger partial charge in [-0.25, -0.2) is 0 Å². The third-order valence-electron chi connectivity index (χ3n) is 3.13. The molecule has 94 valence electrons. The van der Waals surface area contributed by atoms with Crippen LogP contribution in [0, 0.1) is 0 Å². The van der Waals surface area contributed by atoms with Crippen molar-refractivity contribution in [3.8, 4) is 11.1 Å². The third kappa shape index (κ3) is 3.21. The lowest BCUT2D eigenvalue weighted by molar-refractivity contribution is 0.818. The Morgan fingerprint density at radius 3 is 2.33 bits per heavy atom. The summed E-state index contributed by atoms with van der Waals surface area (Å²) in [5, 5.41) is 3.17. The first-order valence-electron chi connectivity index (χ1n) is 6.66. The zero-order valence-corrected chi connectivity index (χ0v) is 11.2. The van der Waals surface area contributed by atoms with Crippen LogP contribution in [0.25, 0.3) is 11.1 Å². The normalized spacial score (nSPS) is 10.6. The third-order valence-corrected chi connectivity index (χ3v) is 3.13. The van der Waals surface area contributed by atoms with Gasteiger partial charge in [-0.05, 0) is 35.7 Å². The molecule has 0 spiro atoms. The first-order chi connectivity index (χ1) is 8.83. The van der Waals surface area contributed by atoms with Gasteiger partial charge < -0.3 is 5.32 Å². The van der Waals surface area contributed by atoms with Crippen LogP contribution in [-0.4, -0.2) is 7.05 Å². The van der Waals surface area contributed by atoms with E-state index in [4.69, 9.17) is 0 Å². The molecule has 0 atom stereocenters. The van der Waals surface area contributed by atoms with Gasteiger partial charge in [0.25, 0.3) is 0 Å². The molecule has 2 aromatic rings. The fraction of sp³-hybridized carbons (Fsp3) is 0.294. The maximum atomic E-state index is 3.17. The number of hydrogen-bond donors (Lipinski definition) is 1. The molecule has 0 fully saturated rings. The number of nitrogens with one attached hydrogen (secondary N) is 1. The molecule has 0 aliphatic rings. The molecule has 0 bridgehead atoms. The van der Waals surface area contributed by atoms with Crippen molar-refractivity contribution in [1.82, 2.24) is 5.32 Å². The quantitative estimate of drug-likeness (QED) is 0.830. The van der Waals surface area contributed by atoms with E-state index < -0.39 is 0 Å². The zero-order chi connectivity index (χ0) is 12.8. The summed E-state index contributed by atoms with van der Waals surface area (Å²) >= 11 is 0. The van der Waals surface area contributed by atoms with Crippen molar-refractivity contribution in [3.63, 3.8) is 0 Å². The van der Waals surface area contributed by atoms with Crippen molar-refractivity contribution in [2.24, 2.45) is 0 Å². The monoisotopic (exact) mass is 239 g/mol. The minimum absolute atomic E-state index is 0.927. The number of rotatable bonds is 5. The van der Waals surface area contributed by atoms with Gasteiger partial charge in [0.15, 0.2) is 0 Å². The molecular formula is C17H21N. The van der Waals surface area contributed by atoms with Crippen LogP contribution in [0.1, 0.15) is 24.5 Å². The Labute approximate surface area is 110 Å². The van der Waals surface area contributed by atoms with E-state index in [0.29, 0.717) is 0 Å². The summed E-state index contributed by atoms with van der Waals surface area (Å²) in [5.41, 5.74) is 5.37. The molecule has 1 N–H and O–H groups in total. The molecule has 2 aromatic carbocycles. The molecular weight excluding hydrogens is 218 g/mol. The number of hydrogen-bond acceptors (Lipinski definition) is 1. The highest BCUT2D eigenvalue weighted by molar-refractivity contribution is 5.64. The smallest absolute Gasteiger partial charge is 0.0202 e. The predicted molar refractivity (Wildman–Crippen MR) is 78.6 cm³/mol. The zero-order valence-electron chi connectivity index (χ0n) is 11.2. The van der Waals surface area contributed by atoms with E-state index in [0.717, 1.165) is 13.0 Å².